The molecule has 0 aliphatic carbocycles. The molecule has 1 aromatic heterocycles. The molecule has 0 spiro atoms. The number of carbonyl (C=O) groups is 2. The van der Waals surface area contributed by atoms with Gasteiger partial charge in [-0.3, -0.25) is 9.59 Å². The Morgan fingerprint density at radius 3 is 2.68 bits per heavy atom. The van der Waals surface area contributed by atoms with Gasteiger partial charge in [-0.25, -0.2) is 4.98 Å². The number of rotatable bonds is 12. The van der Waals surface area contributed by atoms with E-state index in [1.165, 1.54) is 0 Å². The minimum Gasteiger partial charge on any atom is -0.507 e. The van der Waals surface area contributed by atoms with Gasteiger partial charge in [-0.15, -0.1) is 0 Å². The van der Waals surface area contributed by atoms with E-state index in [4.69, 9.17) is 14.2 Å². The topological polar surface area (TPSA) is 103 Å². The number of aryl methyl sites for hydroxylation is 1. The number of nitrogens with zero attached hydrogens (tertiary/aromatic N) is 3. The third kappa shape index (κ3) is 5.94. The Bertz CT molecular complexity index is 1430. The van der Waals surface area contributed by atoms with Gasteiger partial charge in [-0.05, 0) is 68.1 Å². The van der Waals surface area contributed by atoms with Crippen LogP contribution in [0.25, 0.3) is 5.76 Å². The van der Waals surface area contributed by atoms with Gasteiger partial charge in [0.1, 0.15) is 17.6 Å². The van der Waals surface area contributed by atoms with Crippen LogP contribution >= 0.6 is 0 Å². The van der Waals surface area contributed by atoms with Gasteiger partial charge in [0, 0.05) is 37.5 Å². The number of carbonyl (C=O) groups excluding carboxylic acids is 2. The molecule has 3 heterocycles. The van der Waals surface area contributed by atoms with Crippen LogP contribution in [-0.2, 0) is 22.6 Å². The van der Waals surface area contributed by atoms with Crippen LogP contribution in [0, 0.1) is 0 Å². The summed E-state index contributed by atoms with van der Waals surface area (Å²) in [5.41, 5.74) is 2.16. The number of hydrogen-bond acceptors (Lipinski definition) is 7. The van der Waals surface area contributed by atoms with Crippen LogP contribution < -0.4 is 14.2 Å². The molecular weight excluding hydrogens is 522 g/mol. The number of fused-ring (bicyclic) bond motifs is 1. The number of likely N-dealkylation sites (tertiary alicyclic amines) is 1. The number of aliphatic hydroxyl groups is 1. The predicted octanol–water partition coefficient (Wildman–Crippen LogP) is 5.30. The van der Waals surface area contributed by atoms with Crippen LogP contribution in [0.5, 0.6) is 17.2 Å². The van der Waals surface area contributed by atoms with Gasteiger partial charge in [-0.1, -0.05) is 19.4 Å². The minimum atomic E-state index is -0.787. The first-order valence-corrected chi connectivity index (χ1v) is 14.3. The third-order valence-electron chi connectivity index (χ3n) is 7.42. The average molecular weight is 560 g/mol. The fourth-order valence-corrected chi connectivity index (χ4v) is 5.43. The first kappa shape index (κ1) is 28.3. The second-order valence-corrected chi connectivity index (χ2v) is 10.4. The van der Waals surface area contributed by atoms with E-state index in [9.17, 15) is 14.7 Å². The number of Topliss-reactive ketones (excluding diaryl/α,β-unsaturated/α-hetero) is 1. The Kier molecular flexibility index (Phi) is 8.61. The van der Waals surface area contributed by atoms with Crippen LogP contribution in [0.1, 0.15) is 62.8 Å². The zero-order valence-corrected chi connectivity index (χ0v) is 23.8. The third-order valence-corrected chi connectivity index (χ3v) is 7.42. The van der Waals surface area contributed by atoms with Gasteiger partial charge in [0.15, 0.2) is 11.5 Å². The summed E-state index contributed by atoms with van der Waals surface area (Å²) in [5, 5.41) is 11.6. The molecule has 0 unspecified atom stereocenters. The molecule has 41 heavy (non-hydrogen) atoms. The number of hydrogen-bond donors (Lipinski definition) is 1. The lowest BCUT2D eigenvalue weighted by molar-refractivity contribution is -0.139. The lowest BCUT2D eigenvalue weighted by atomic mass is 9.94. The van der Waals surface area contributed by atoms with E-state index >= 15 is 0 Å². The fraction of sp³-hybridized carbons (Fsp3) is 0.406. The van der Waals surface area contributed by atoms with Crippen molar-refractivity contribution in [2.24, 2.45) is 0 Å². The monoisotopic (exact) mass is 559 g/mol. The summed E-state index contributed by atoms with van der Waals surface area (Å²) >= 11 is 0. The maximum atomic E-state index is 13.5. The van der Waals surface area contributed by atoms with E-state index in [1.54, 1.807) is 29.6 Å². The fourth-order valence-electron chi connectivity index (χ4n) is 5.43. The van der Waals surface area contributed by atoms with Crippen LogP contribution in [0.3, 0.4) is 0 Å². The van der Waals surface area contributed by atoms with Crippen LogP contribution in [-0.4, -0.2) is 57.1 Å². The van der Waals surface area contributed by atoms with Crippen molar-refractivity contribution in [2.75, 3.05) is 19.8 Å². The smallest absolute Gasteiger partial charge is 0.295 e. The molecule has 1 saturated heterocycles. The van der Waals surface area contributed by atoms with Crippen LogP contribution in [0.2, 0.25) is 0 Å². The van der Waals surface area contributed by atoms with E-state index < -0.39 is 17.7 Å². The number of ketones is 1. The molecule has 2 aromatic carbocycles. The van der Waals surface area contributed by atoms with Gasteiger partial charge < -0.3 is 28.8 Å². The Hall–Kier alpha value is -4.27. The van der Waals surface area contributed by atoms with Crippen molar-refractivity contribution in [1.82, 2.24) is 14.5 Å². The quantitative estimate of drug-likeness (QED) is 0.139. The van der Waals surface area contributed by atoms with Crippen molar-refractivity contribution in [1.29, 1.82) is 0 Å². The van der Waals surface area contributed by atoms with Gasteiger partial charge >= 0.3 is 0 Å². The molecule has 0 radical (unpaired) electrons. The Morgan fingerprint density at radius 2 is 1.93 bits per heavy atom. The lowest BCUT2D eigenvalue weighted by Gasteiger charge is -2.26. The summed E-state index contributed by atoms with van der Waals surface area (Å²) in [6.45, 7) is 7.91. The molecule has 5 rings (SSSR count). The predicted molar refractivity (Wildman–Crippen MR) is 154 cm³/mol. The Labute approximate surface area is 240 Å². The van der Waals surface area contributed by atoms with E-state index in [1.807, 2.05) is 48.9 Å². The highest BCUT2D eigenvalue weighted by atomic mass is 16.5. The van der Waals surface area contributed by atoms with Crippen LogP contribution in [0.15, 0.2) is 60.7 Å². The number of aliphatic hydroxyl groups excluding tert-OH is 1. The highest BCUT2D eigenvalue weighted by Gasteiger charge is 2.46. The summed E-state index contributed by atoms with van der Waals surface area (Å²) in [6, 6.07) is 10.1. The molecule has 0 bridgehead atoms. The van der Waals surface area contributed by atoms with Gasteiger partial charge in [0.25, 0.3) is 11.7 Å². The zero-order valence-electron chi connectivity index (χ0n) is 23.8. The molecule has 2 aliphatic heterocycles. The number of ether oxygens (including phenoxy) is 3. The highest BCUT2D eigenvalue weighted by Crippen LogP contribution is 2.43. The molecule has 3 aromatic rings. The molecule has 2 aliphatic rings. The second-order valence-electron chi connectivity index (χ2n) is 10.4. The number of amides is 1. The van der Waals surface area contributed by atoms with Crippen molar-refractivity contribution >= 4 is 17.4 Å². The first-order valence-electron chi connectivity index (χ1n) is 14.3. The molecule has 1 amide bonds. The summed E-state index contributed by atoms with van der Waals surface area (Å²) < 4.78 is 19.6. The molecule has 0 saturated carbocycles. The molecular formula is C32H37N3O6. The zero-order chi connectivity index (χ0) is 28.9. The minimum absolute atomic E-state index is 0.0403. The van der Waals surface area contributed by atoms with E-state index in [2.05, 4.69) is 11.9 Å². The van der Waals surface area contributed by atoms with Gasteiger partial charge in [0.2, 0.25) is 0 Å². The molecule has 2 atom stereocenters. The first-order chi connectivity index (χ1) is 19.9. The van der Waals surface area contributed by atoms with Crippen molar-refractivity contribution < 1.29 is 28.9 Å². The Morgan fingerprint density at radius 1 is 1.07 bits per heavy atom. The number of imidazole rings is 1. The Balaban J connectivity index is 1.54. The maximum Gasteiger partial charge on any atom is 0.295 e. The lowest BCUT2D eigenvalue weighted by Crippen LogP contribution is -2.31. The normalized spacial score (nSPS) is 19.3. The molecule has 9 heteroatoms. The summed E-state index contributed by atoms with van der Waals surface area (Å²) in [4.78, 5) is 32.6. The maximum absolute atomic E-state index is 13.5. The van der Waals surface area contributed by atoms with Crippen molar-refractivity contribution in [3.8, 4) is 17.2 Å². The molecule has 9 nitrogen and oxygen atoms in total. The summed E-state index contributed by atoms with van der Waals surface area (Å²) in [7, 11) is 0. The molecule has 1 N–H and O–H groups in total. The molecule has 216 valence electrons. The van der Waals surface area contributed by atoms with Crippen molar-refractivity contribution in [3.05, 3.63) is 77.4 Å². The van der Waals surface area contributed by atoms with Crippen molar-refractivity contribution in [3.63, 3.8) is 0 Å². The number of unbranched alkanes of at least 4 members (excludes halogenated alkanes) is 1. The SMILES string of the molecule is CCCCOc1ccc([C@H]2/C(=C(\O)c3ccc4c(c3)C[C@H](C)O4)C(=O)C(=O)N2CCCn2ccnc2)cc1OCC. The van der Waals surface area contributed by atoms with E-state index in [0.717, 1.165) is 24.2 Å². The second kappa shape index (κ2) is 12.5. The van der Waals surface area contributed by atoms with Gasteiger partial charge in [0.05, 0.1) is 31.2 Å². The number of aromatic nitrogens is 2. The van der Waals surface area contributed by atoms with Crippen molar-refractivity contribution in [2.45, 2.75) is 65.1 Å². The summed E-state index contributed by atoms with van der Waals surface area (Å²) in [6.07, 6.45) is 8.54. The van der Waals surface area contributed by atoms with Gasteiger partial charge in [-0.2, -0.15) is 0 Å². The molecule has 1 fully saturated rings. The van der Waals surface area contributed by atoms with Crippen LogP contribution in [0.4, 0.5) is 0 Å². The largest absolute Gasteiger partial charge is 0.507 e. The van der Waals surface area contributed by atoms with E-state index in [0.29, 0.717) is 61.8 Å². The summed E-state index contributed by atoms with van der Waals surface area (Å²) in [5.74, 6) is 0.366. The standard InChI is InChI=1S/C32H37N3O6/c1-4-6-16-40-26-11-8-22(19-27(26)39-5-2)29-28(30(36)23-9-10-25-24(18-23)17-21(3)41-25)31(37)32(38)35(29)14-7-13-34-15-12-33-20-34/h8-12,15,18-21,29,36H,4-7,13-14,16-17H2,1-3H3/b30-28+/t21-,29-/m0/s1. The highest BCUT2D eigenvalue weighted by molar-refractivity contribution is 6.46. The average Bonchev–Trinajstić information content (AvgIpc) is 3.68. The van der Waals surface area contributed by atoms with E-state index in [-0.39, 0.29) is 17.4 Å². The number of benzene rings is 2.